The molecular weight excluding hydrogens is 951 g/mol. The first-order valence-corrected chi connectivity index (χ1v) is 26.6. The summed E-state index contributed by atoms with van der Waals surface area (Å²) in [4.78, 5) is 70.6. The molecule has 1 aliphatic heterocycles. The van der Waals surface area contributed by atoms with Gasteiger partial charge in [0.1, 0.15) is 30.3 Å². The van der Waals surface area contributed by atoms with Gasteiger partial charge in [0.05, 0.1) is 28.8 Å². The highest BCUT2D eigenvalue weighted by Gasteiger charge is 2.44. The number of ether oxygens (including phenoxy) is 4. The van der Waals surface area contributed by atoms with Gasteiger partial charge in [0, 0.05) is 109 Å². The van der Waals surface area contributed by atoms with E-state index in [1.165, 1.54) is 4.90 Å². The van der Waals surface area contributed by atoms with Gasteiger partial charge in [-0.3, -0.25) is 19.2 Å². The Hall–Kier alpha value is -5.73. The molecule has 0 radical (unpaired) electrons. The molecule has 19 heteroatoms. The molecule has 5 N–H and O–H groups in total. The van der Waals surface area contributed by atoms with Crippen molar-refractivity contribution >= 4 is 52.4 Å². The number of aliphatic hydroxyl groups excluding tert-OH is 1. The highest BCUT2D eigenvalue weighted by molar-refractivity contribution is 7.13. The predicted octanol–water partition coefficient (Wildman–Crippen LogP) is 6.82. The SMILES string of the molecule is Cc1cnc(Nc2cccc(OCCCOCCCCOCCCOCC(=O)NC(C(=O)N3C[C@H](O)C[C@H]3C(=O)NCc3ccc(-c4scnc4C)cc3)C(C)(C)C)c2)nc1NCCCN(C)C(=O)C1CCC1. The van der Waals surface area contributed by atoms with Crippen molar-refractivity contribution in [1.82, 2.24) is 35.4 Å². The maximum Gasteiger partial charge on any atom is 0.246 e. The Kier molecular flexibility index (Phi) is 22.2. The zero-order valence-corrected chi connectivity index (χ0v) is 44.4. The number of unbranched alkanes of at least 4 members (excludes halogenated alkanes) is 1. The molecule has 398 valence electrons. The Morgan fingerprint density at radius 1 is 0.904 bits per heavy atom. The number of thiazole rings is 1. The first-order chi connectivity index (χ1) is 35.2. The molecule has 2 aromatic heterocycles. The van der Waals surface area contributed by atoms with Crippen LogP contribution in [-0.4, -0.2) is 145 Å². The third kappa shape index (κ3) is 18.0. The van der Waals surface area contributed by atoms with Gasteiger partial charge in [-0.15, -0.1) is 11.3 Å². The summed E-state index contributed by atoms with van der Waals surface area (Å²) in [6.07, 6.45) is 8.11. The van der Waals surface area contributed by atoms with Crippen LogP contribution in [0, 0.1) is 25.2 Å². The van der Waals surface area contributed by atoms with E-state index in [-0.39, 0.29) is 43.8 Å². The normalized spacial score (nSPS) is 16.1. The van der Waals surface area contributed by atoms with Gasteiger partial charge < -0.3 is 55.1 Å². The maximum atomic E-state index is 13.9. The average Bonchev–Trinajstić information content (AvgIpc) is 3.97. The summed E-state index contributed by atoms with van der Waals surface area (Å²) < 4.78 is 23.1. The van der Waals surface area contributed by atoms with E-state index >= 15 is 0 Å². The minimum atomic E-state index is -0.941. The summed E-state index contributed by atoms with van der Waals surface area (Å²) in [5, 5.41) is 23.0. The van der Waals surface area contributed by atoms with Crippen LogP contribution in [0.25, 0.3) is 10.4 Å². The fourth-order valence-electron chi connectivity index (χ4n) is 8.45. The molecule has 18 nitrogen and oxygen atoms in total. The van der Waals surface area contributed by atoms with Gasteiger partial charge in [0.25, 0.3) is 0 Å². The number of carbonyl (C=O) groups is 4. The molecule has 6 rings (SSSR count). The van der Waals surface area contributed by atoms with Gasteiger partial charge in [-0.2, -0.15) is 4.98 Å². The van der Waals surface area contributed by atoms with Crippen LogP contribution in [0.3, 0.4) is 0 Å². The van der Waals surface area contributed by atoms with Crippen LogP contribution in [0.4, 0.5) is 17.5 Å². The first kappa shape index (κ1) is 56.6. The Bertz CT molecular complexity index is 2380. The van der Waals surface area contributed by atoms with Crippen molar-refractivity contribution in [2.24, 2.45) is 11.3 Å². The van der Waals surface area contributed by atoms with Crippen LogP contribution in [0.15, 0.2) is 60.2 Å². The van der Waals surface area contributed by atoms with Gasteiger partial charge >= 0.3 is 0 Å². The Labute approximate surface area is 434 Å². The number of nitrogens with one attached hydrogen (secondary N) is 4. The quantitative estimate of drug-likeness (QED) is 0.0339. The molecule has 1 saturated carbocycles. The zero-order valence-electron chi connectivity index (χ0n) is 43.6. The van der Waals surface area contributed by atoms with Gasteiger partial charge in [0.2, 0.25) is 29.6 Å². The lowest BCUT2D eigenvalue weighted by Gasteiger charge is -2.35. The lowest BCUT2D eigenvalue weighted by molar-refractivity contribution is -0.144. The monoisotopic (exact) mass is 1030 g/mol. The van der Waals surface area contributed by atoms with Crippen molar-refractivity contribution < 1.29 is 43.2 Å². The lowest BCUT2D eigenvalue weighted by atomic mass is 9.84. The molecule has 2 fully saturated rings. The van der Waals surface area contributed by atoms with E-state index in [1.54, 1.807) is 17.5 Å². The average molecular weight is 1030 g/mol. The van der Waals surface area contributed by atoms with Crippen LogP contribution in [0.1, 0.15) is 95.4 Å². The molecule has 3 atom stereocenters. The van der Waals surface area contributed by atoms with Crippen LogP contribution in [0.5, 0.6) is 5.75 Å². The van der Waals surface area contributed by atoms with E-state index in [0.29, 0.717) is 65.1 Å². The van der Waals surface area contributed by atoms with Crippen LogP contribution in [0.2, 0.25) is 0 Å². The number of hydrogen-bond donors (Lipinski definition) is 5. The molecule has 73 heavy (non-hydrogen) atoms. The molecule has 3 heterocycles. The standard InChI is InChI=1S/C54H77N9O9S/c1-37-32-57-53(61-49(37)55-22-11-23-62(6)51(67)41-14-9-15-41)59-42-16-10-17-44(30-42)72-29-13-27-70-25-8-7-24-69-26-12-28-71-35-46(65)60-48(54(3,4)5)52(68)63-34-43(64)31-45(63)50(66)56-33-39-18-20-40(21-19-39)47-38(2)58-36-73-47/h10,16-21,30,32,36,41,43,45,48,64H,7-9,11-15,22-29,31,33-35H2,1-6H3,(H,56,66)(H,60,65)(H2,55,57,59,61)/t43-,45+,48?/m1/s1. The van der Waals surface area contributed by atoms with E-state index < -0.39 is 35.4 Å². The third-order valence-corrected chi connectivity index (χ3v) is 13.9. The number of likely N-dealkylation sites (tertiary alicyclic amines) is 1. The predicted molar refractivity (Wildman–Crippen MR) is 283 cm³/mol. The van der Waals surface area contributed by atoms with E-state index in [4.69, 9.17) is 18.9 Å². The fraction of sp³-hybridized carbons (Fsp3) is 0.574. The van der Waals surface area contributed by atoms with Gasteiger partial charge in [-0.1, -0.05) is 57.5 Å². The summed E-state index contributed by atoms with van der Waals surface area (Å²) in [5.74, 6) is 1.22. The molecule has 2 aliphatic rings. The van der Waals surface area contributed by atoms with Crippen molar-refractivity contribution in [2.45, 2.75) is 117 Å². The van der Waals surface area contributed by atoms with E-state index in [2.05, 4.69) is 36.2 Å². The summed E-state index contributed by atoms with van der Waals surface area (Å²) in [6.45, 7) is 14.0. The highest BCUT2D eigenvalue weighted by atomic mass is 32.1. The lowest BCUT2D eigenvalue weighted by Crippen LogP contribution is -2.58. The largest absolute Gasteiger partial charge is 0.493 e. The smallest absolute Gasteiger partial charge is 0.246 e. The number of nitrogens with zero attached hydrogens (tertiary/aromatic N) is 5. The Balaban J connectivity index is 0.774. The van der Waals surface area contributed by atoms with Gasteiger partial charge in [-0.05, 0) is 81.0 Å². The van der Waals surface area contributed by atoms with Crippen LogP contribution < -0.4 is 26.0 Å². The second-order valence-electron chi connectivity index (χ2n) is 20.0. The molecule has 4 aromatic rings. The van der Waals surface area contributed by atoms with Crippen molar-refractivity contribution in [3.63, 3.8) is 0 Å². The number of aliphatic hydroxyl groups is 1. The second kappa shape index (κ2) is 28.6. The van der Waals surface area contributed by atoms with Gasteiger partial charge in [0.15, 0.2) is 0 Å². The summed E-state index contributed by atoms with van der Waals surface area (Å²) >= 11 is 1.58. The van der Waals surface area contributed by atoms with Crippen molar-refractivity contribution in [3.05, 3.63) is 77.1 Å². The molecule has 2 aromatic carbocycles. The molecule has 1 saturated heterocycles. The summed E-state index contributed by atoms with van der Waals surface area (Å²) in [5.41, 5.74) is 5.82. The number of benzene rings is 2. The highest BCUT2D eigenvalue weighted by Crippen LogP contribution is 2.30. The van der Waals surface area contributed by atoms with Crippen molar-refractivity contribution in [2.75, 3.05) is 83.6 Å². The van der Waals surface area contributed by atoms with E-state index in [9.17, 15) is 24.3 Å². The van der Waals surface area contributed by atoms with E-state index in [1.807, 2.05) is 101 Å². The van der Waals surface area contributed by atoms with E-state index in [0.717, 1.165) is 89.5 Å². The van der Waals surface area contributed by atoms with Crippen molar-refractivity contribution in [3.8, 4) is 16.2 Å². The number of carbonyl (C=O) groups excluding carboxylic acids is 4. The Morgan fingerprint density at radius 2 is 1.62 bits per heavy atom. The second-order valence-corrected chi connectivity index (χ2v) is 20.9. The first-order valence-electron chi connectivity index (χ1n) is 25.8. The third-order valence-electron chi connectivity index (χ3n) is 12.9. The fourth-order valence-corrected chi connectivity index (χ4v) is 9.26. The zero-order chi connectivity index (χ0) is 52.2. The van der Waals surface area contributed by atoms with Crippen molar-refractivity contribution in [1.29, 1.82) is 0 Å². The minimum absolute atomic E-state index is 0.00324. The molecular formula is C54H77N9O9S. The van der Waals surface area contributed by atoms with Gasteiger partial charge in [-0.25, -0.2) is 9.97 Å². The topological polar surface area (TPSA) is 219 Å². The number of β-amino-alcohol motifs (C(OH)–C–C–N with tert-alkyl or cyclic N) is 1. The summed E-state index contributed by atoms with van der Waals surface area (Å²) in [6, 6.07) is 13.8. The molecule has 1 aliphatic carbocycles. The number of amides is 4. The van der Waals surface area contributed by atoms with Crippen LogP contribution >= 0.6 is 11.3 Å². The molecule has 1 unspecified atom stereocenters. The number of rotatable bonds is 30. The Morgan fingerprint density at radius 3 is 2.30 bits per heavy atom. The number of aryl methyl sites for hydroxylation is 2. The van der Waals surface area contributed by atoms with Crippen LogP contribution in [-0.2, 0) is 39.9 Å². The molecule has 0 bridgehead atoms. The number of hydrogen-bond acceptors (Lipinski definition) is 15. The maximum absolute atomic E-state index is 13.9. The summed E-state index contributed by atoms with van der Waals surface area (Å²) in [7, 11) is 1.89. The minimum Gasteiger partial charge on any atom is -0.493 e. The molecule has 0 spiro atoms. The number of aromatic nitrogens is 3. The molecule has 4 amide bonds. The number of anilines is 3.